The maximum Gasteiger partial charge on any atom is 0.0176 e. The second-order valence-corrected chi connectivity index (χ2v) is 2.66. The highest BCUT2D eigenvalue weighted by molar-refractivity contribution is 5.24. The van der Waals surface area contributed by atoms with Gasteiger partial charge in [0.2, 0.25) is 0 Å². The van der Waals surface area contributed by atoms with E-state index in [1.54, 1.807) is 0 Å². The van der Waals surface area contributed by atoms with Crippen molar-refractivity contribution in [3.63, 3.8) is 0 Å². The molecule has 0 unspecified atom stereocenters. The van der Waals surface area contributed by atoms with Crippen LogP contribution in [0.1, 0.15) is 30.8 Å². The summed E-state index contributed by atoms with van der Waals surface area (Å²) in [4.78, 5) is 3.38. The van der Waals surface area contributed by atoms with Crippen LogP contribution in [0.4, 0.5) is 0 Å². The minimum Gasteiger partial charge on any atom is -0.362 e. The monoisotopic (exact) mass is 137 g/mol. The van der Waals surface area contributed by atoms with Crippen LogP contribution in [0.5, 0.6) is 0 Å². The summed E-state index contributed by atoms with van der Waals surface area (Å²) < 4.78 is 0. The van der Waals surface area contributed by atoms with Crippen molar-refractivity contribution in [3.05, 3.63) is 23.0 Å². The first-order chi connectivity index (χ1) is 4.77. The van der Waals surface area contributed by atoms with Gasteiger partial charge in [-0.1, -0.05) is 13.8 Å². The Labute approximate surface area is 62.5 Å². The lowest BCUT2D eigenvalue weighted by Gasteiger charge is -1.90. The molecule has 0 aliphatic heterocycles. The molecule has 1 heteroatoms. The van der Waals surface area contributed by atoms with Crippen LogP contribution >= 0.6 is 0 Å². The Morgan fingerprint density at radius 3 is 2.30 bits per heavy atom. The first-order valence-corrected chi connectivity index (χ1v) is 3.95. The molecule has 0 aromatic carbocycles. The minimum atomic E-state index is 1.11. The third-order valence-electron chi connectivity index (χ3n) is 1.91. The molecule has 0 spiro atoms. The molecule has 0 aliphatic rings. The molecule has 1 aromatic heterocycles. The molecule has 0 saturated heterocycles. The lowest BCUT2D eigenvalue weighted by Crippen LogP contribution is -1.83. The quantitative estimate of drug-likeness (QED) is 0.644. The predicted molar refractivity (Wildman–Crippen MR) is 44.3 cm³/mol. The van der Waals surface area contributed by atoms with Crippen molar-refractivity contribution in [3.8, 4) is 0 Å². The Hall–Kier alpha value is -0.720. The van der Waals surface area contributed by atoms with Crippen molar-refractivity contribution in [1.82, 2.24) is 4.98 Å². The summed E-state index contributed by atoms with van der Waals surface area (Å²) in [5.41, 5.74) is 4.14. The Balaban J connectivity index is 2.92. The lowest BCUT2D eigenvalue weighted by molar-refractivity contribution is 0.988. The number of aryl methyl sites for hydroxylation is 3. The standard InChI is InChI=1S/C9H15N/c1-4-8-6-7(3)9(5-2)10-8/h6,10H,4-5H2,1-3H3. The van der Waals surface area contributed by atoms with Gasteiger partial charge in [0.1, 0.15) is 0 Å². The van der Waals surface area contributed by atoms with Gasteiger partial charge in [-0.25, -0.2) is 0 Å². The molecule has 0 radical (unpaired) electrons. The van der Waals surface area contributed by atoms with E-state index in [2.05, 4.69) is 31.8 Å². The van der Waals surface area contributed by atoms with E-state index in [4.69, 9.17) is 0 Å². The Morgan fingerprint density at radius 1 is 1.30 bits per heavy atom. The summed E-state index contributed by atoms with van der Waals surface area (Å²) in [5.74, 6) is 0. The normalized spacial score (nSPS) is 10.3. The van der Waals surface area contributed by atoms with Crippen LogP contribution in [-0.2, 0) is 12.8 Å². The molecule has 0 aliphatic carbocycles. The van der Waals surface area contributed by atoms with E-state index >= 15 is 0 Å². The highest BCUT2D eigenvalue weighted by Crippen LogP contribution is 2.09. The molecule has 1 rings (SSSR count). The molecule has 1 N–H and O–H groups in total. The molecule has 1 aromatic rings. The summed E-state index contributed by atoms with van der Waals surface area (Å²) in [7, 11) is 0. The average molecular weight is 137 g/mol. The number of nitrogens with one attached hydrogen (secondary N) is 1. The van der Waals surface area contributed by atoms with Crippen LogP contribution in [0, 0.1) is 6.92 Å². The van der Waals surface area contributed by atoms with Gasteiger partial charge in [-0.15, -0.1) is 0 Å². The van der Waals surface area contributed by atoms with Crippen molar-refractivity contribution in [2.45, 2.75) is 33.6 Å². The molecule has 0 amide bonds. The van der Waals surface area contributed by atoms with E-state index in [-0.39, 0.29) is 0 Å². The average Bonchev–Trinajstić information content (AvgIpc) is 2.30. The van der Waals surface area contributed by atoms with Crippen LogP contribution in [0.15, 0.2) is 6.07 Å². The molecule has 0 saturated carbocycles. The summed E-state index contributed by atoms with van der Waals surface area (Å²) >= 11 is 0. The van der Waals surface area contributed by atoms with Crippen LogP contribution in [0.3, 0.4) is 0 Å². The fraction of sp³-hybridized carbons (Fsp3) is 0.556. The summed E-state index contributed by atoms with van der Waals surface area (Å²) in [6.45, 7) is 6.51. The van der Waals surface area contributed by atoms with Crippen LogP contribution < -0.4 is 0 Å². The van der Waals surface area contributed by atoms with Gasteiger partial charge in [0, 0.05) is 11.4 Å². The van der Waals surface area contributed by atoms with E-state index in [0.29, 0.717) is 0 Å². The number of aromatic amines is 1. The third-order valence-corrected chi connectivity index (χ3v) is 1.91. The number of hydrogen-bond donors (Lipinski definition) is 1. The molecule has 0 fully saturated rings. The van der Waals surface area contributed by atoms with Crippen LogP contribution in [0.25, 0.3) is 0 Å². The third kappa shape index (κ3) is 1.23. The van der Waals surface area contributed by atoms with E-state index in [9.17, 15) is 0 Å². The summed E-state index contributed by atoms with van der Waals surface area (Å²) in [6, 6.07) is 2.23. The fourth-order valence-corrected chi connectivity index (χ4v) is 1.23. The predicted octanol–water partition coefficient (Wildman–Crippen LogP) is 2.45. The fourth-order valence-electron chi connectivity index (χ4n) is 1.23. The molecular weight excluding hydrogens is 122 g/mol. The maximum atomic E-state index is 3.38. The molecule has 0 atom stereocenters. The molecular formula is C9H15N. The van der Waals surface area contributed by atoms with E-state index in [1.165, 1.54) is 17.0 Å². The second kappa shape index (κ2) is 2.91. The molecule has 1 heterocycles. The highest BCUT2D eigenvalue weighted by Gasteiger charge is 1.98. The zero-order valence-electron chi connectivity index (χ0n) is 6.99. The van der Waals surface area contributed by atoms with Crippen molar-refractivity contribution in [1.29, 1.82) is 0 Å². The van der Waals surface area contributed by atoms with E-state index in [0.717, 1.165) is 12.8 Å². The zero-order valence-corrected chi connectivity index (χ0v) is 6.99. The van der Waals surface area contributed by atoms with Gasteiger partial charge in [-0.05, 0) is 31.4 Å². The Morgan fingerprint density at radius 2 is 2.00 bits per heavy atom. The zero-order chi connectivity index (χ0) is 7.56. The van der Waals surface area contributed by atoms with E-state index < -0.39 is 0 Å². The number of rotatable bonds is 2. The number of H-pyrrole nitrogens is 1. The highest BCUT2D eigenvalue weighted by atomic mass is 14.7. The van der Waals surface area contributed by atoms with Gasteiger partial charge in [-0.2, -0.15) is 0 Å². The van der Waals surface area contributed by atoms with Gasteiger partial charge in [0.25, 0.3) is 0 Å². The molecule has 10 heavy (non-hydrogen) atoms. The van der Waals surface area contributed by atoms with Crippen molar-refractivity contribution >= 4 is 0 Å². The van der Waals surface area contributed by atoms with Gasteiger partial charge in [-0.3, -0.25) is 0 Å². The SMILES string of the molecule is CCc1cc(C)c(CC)[nH]1. The minimum absolute atomic E-state index is 1.11. The lowest BCUT2D eigenvalue weighted by atomic mass is 10.2. The molecule has 0 bridgehead atoms. The van der Waals surface area contributed by atoms with Gasteiger partial charge < -0.3 is 4.98 Å². The Kier molecular flexibility index (Phi) is 2.15. The van der Waals surface area contributed by atoms with Gasteiger partial charge in [0.15, 0.2) is 0 Å². The van der Waals surface area contributed by atoms with Crippen molar-refractivity contribution < 1.29 is 0 Å². The van der Waals surface area contributed by atoms with Gasteiger partial charge >= 0.3 is 0 Å². The largest absolute Gasteiger partial charge is 0.362 e. The first-order valence-electron chi connectivity index (χ1n) is 3.95. The maximum absolute atomic E-state index is 3.38. The van der Waals surface area contributed by atoms with Crippen molar-refractivity contribution in [2.24, 2.45) is 0 Å². The smallest absolute Gasteiger partial charge is 0.0176 e. The summed E-state index contributed by atoms with van der Waals surface area (Å²) in [5, 5.41) is 0. The Bertz CT molecular complexity index is 211. The van der Waals surface area contributed by atoms with Crippen LogP contribution in [0.2, 0.25) is 0 Å². The topological polar surface area (TPSA) is 15.8 Å². The van der Waals surface area contributed by atoms with Crippen molar-refractivity contribution in [2.75, 3.05) is 0 Å². The van der Waals surface area contributed by atoms with E-state index in [1.807, 2.05) is 0 Å². The number of hydrogen-bond acceptors (Lipinski definition) is 0. The van der Waals surface area contributed by atoms with Gasteiger partial charge in [0.05, 0.1) is 0 Å². The summed E-state index contributed by atoms with van der Waals surface area (Å²) in [6.07, 6.45) is 2.23. The van der Waals surface area contributed by atoms with Crippen LogP contribution in [-0.4, -0.2) is 4.98 Å². The number of aromatic nitrogens is 1. The molecule has 56 valence electrons. The molecule has 1 nitrogen and oxygen atoms in total. The first kappa shape index (κ1) is 7.39. The second-order valence-electron chi connectivity index (χ2n) is 2.66.